The fraction of sp³-hybridized carbons (Fsp3) is 0.778. The van der Waals surface area contributed by atoms with E-state index >= 15 is 0 Å². The molecule has 0 radical (unpaired) electrons. The first-order chi connectivity index (χ1) is 5.83. The zero-order valence-electron chi connectivity index (χ0n) is 7.49. The lowest BCUT2D eigenvalue weighted by Gasteiger charge is -2.08. The maximum Gasteiger partial charge on any atom is 0.0229 e. The molecule has 3 heteroatoms. The highest BCUT2D eigenvalue weighted by Gasteiger charge is 2.22. The van der Waals surface area contributed by atoms with Gasteiger partial charge in [0.15, 0.2) is 0 Å². The minimum absolute atomic E-state index is 0.816. The molecule has 1 rings (SSSR count). The van der Waals surface area contributed by atoms with E-state index in [-0.39, 0.29) is 0 Å². The van der Waals surface area contributed by atoms with Crippen molar-refractivity contribution >= 4 is 35.3 Å². The van der Waals surface area contributed by atoms with E-state index in [1.165, 1.54) is 17.3 Å². The molecule has 2 unspecified atom stereocenters. The van der Waals surface area contributed by atoms with Crippen molar-refractivity contribution in [3.63, 3.8) is 0 Å². The molecule has 0 nitrogen and oxygen atoms in total. The molecule has 0 saturated carbocycles. The minimum atomic E-state index is 0.816. The first-order valence-corrected chi connectivity index (χ1v) is 7.50. The average Bonchev–Trinajstić information content (AvgIpc) is 2.84. The van der Waals surface area contributed by atoms with Crippen LogP contribution in [0.5, 0.6) is 0 Å². The van der Waals surface area contributed by atoms with Gasteiger partial charge in [-0.25, -0.2) is 0 Å². The first-order valence-electron chi connectivity index (χ1n) is 4.24. The van der Waals surface area contributed by atoms with E-state index in [1.807, 2.05) is 17.8 Å². The summed E-state index contributed by atoms with van der Waals surface area (Å²) in [7, 11) is 0. The fourth-order valence-electron chi connectivity index (χ4n) is 0.801. The van der Waals surface area contributed by atoms with E-state index in [0.717, 1.165) is 16.3 Å². The molecule has 0 aromatic heterocycles. The van der Waals surface area contributed by atoms with Crippen LogP contribution in [0.4, 0.5) is 0 Å². The lowest BCUT2D eigenvalue weighted by Crippen LogP contribution is -2.03. The lowest BCUT2D eigenvalue weighted by molar-refractivity contribution is 1.12. The Morgan fingerprint density at radius 2 is 2.50 bits per heavy atom. The van der Waals surface area contributed by atoms with Crippen LogP contribution >= 0.6 is 35.3 Å². The highest BCUT2D eigenvalue weighted by atomic mass is 32.2. The lowest BCUT2D eigenvalue weighted by atomic mass is 10.6. The Hall–Kier alpha value is 0.790. The molecule has 1 fully saturated rings. The van der Waals surface area contributed by atoms with Crippen LogP contribution in [0.25, 0.3) is 0 Å². The quantitative estimate of drug-likeness (QED) is 0.367. The molecule has 1 heterocycles. The molecule has 0 aromatic carbocycles. The summed E-state index contributed by atoms with van der Waals surface area (Å²) in [4.78, 5) is 0. The van der Waals surface area contributed by atoms with Crippen molar-refractivity contribution in [3.8, 4) is 0 Å². The van der Waals surface area contributed by atoms with E-state index in [2.05, 4.69) is 37.0 Å². The zero-order chi connectivity index (χ0) is 8.81. The maximum atomic E-state index is 3.71. The molecule has 1 aliphatic heterocycles. The third kappa shape index (κ3) is 5.44. The first kappa shape index (κ1) is 10.9. The molecule has 0 N–H and O–H groups in total. The third-order valence-electron chi connectivity index (χ3n) is 1.56. The fourth-order valence-corrected chi connectivity index (χ4v) is 3.79. The second-order valence-electron chi connectivity index (χ2n) is 2.93. The van der Waals surface area contributed by atoms with Gasteiger partial charge in [-0.15, -0.1) is 6.58 Å². The van der Waals surface area contributed by atoms with Crippen LogP contribution in [0.15, 0.2) is 12.7 Å². The highest BCUT2D eigenvalue weighted by molar-refractivity contribution is 8.09. The summed E-state index contributed by atoms with van der Waals surface area (Å²) in [5.41, 5.74) is 0. The summed E-state index contributed by atoms with van der Waals surface area (Å²) in [6.45, 7) is 6.04. The standard InChI is InChI=1S/C9H16S3/c1-3-4-10-5-8(2)11-6-9-7-12-9/h3,8-9H,1,4-7H2,2H3. The van der Waals surface area contributed by atoms with Crippen molar-refractivity contribution in [2.75, 3.05) is 23.0 Å². The number of hydrogen-bond donors (Lipinski definition) is 0. The van der Waals surface area contributed by atoms with E-state index < -0.39 is 0 Å². The second kappa shape index (κ2) is 6.28. The van der Waals surface area contributed by atoms with Crippen LogP contribution in [0.2, 0.25) is 0 Å². The van der Waals surface area contributed by atoms with Crippen LogP contribution in [0, 0.1) is 0 Å². The second-order valence-corrected chi connectivity index (χ2v) is 6.81. The van der Waals surface area contributed by atoms with Crippen molar-refractivity contribution in [1.29, 1.82) is 0 Å². The Labute approximate surface area is 88.3 Å². The summed E-state index contributed by atoms with van der Waals surface area (Å²) in [5.74, 6) is 5.14. The van der Waals surface area contributed by atoms with Gasteiger partial charge in [-0.2, -0.15) is 35.3 Å². The van der Waals surface area contributed by atoms with Gasteiger partial charge in [-0.3, -0.25) is 0 Å². The monoisotopic (exact) mass is 220 g/mol. The van der Waals surface area contributed by atoms with Gasteiger partial charge in [-0.1, -0.05) is 13.0 Å². The van der Waals surface area contributed by atoms with Crippen LogP contribution in [0.3, 0.4) is 0 Å². The predicted octanol–water partition coefficient (Wildman–Crippen LogP) is 3.14. The van der Waals surface area contributed by atoms with Gasteiger partial charge in [0.2, 0.25) is 0 Å². The van der Waals surface area contributed by atoms with E-state index in [4.69, 9.17) is 0 Å². The minimum Gasteiger partial charge on any atom is -0.157 e. The van der Waals surface area contributed by atoms with Gasteiger partial charge in [0, 0.05) is 33.5 Å². The van der Waals surface area contributed by atoms with Gasteiger partial charge >= 0.3 is 0 Å². The Morgan fingerprint density at radius 1 is 1.75 bits per heavy atom. The number of hydrogen-bond acceptors (Lipinski definition) is 3. The average molecular weight is 220 g/mol. The van der Waals surface area contributed by atoms with Gasteiger partial charge < -0.3 is 0 Å². The van der Waals surface area contributed by atoms with Crippen LogP contribution in [-0.4, -0.2) is 33.5 Å². The Bertz CT molecular complexity index is 132. The van der Waals surface area contributed by atoms with Crippen LogP contribution in [-0.2, 0) is 0 Å². The Balaban J connectivity index is 1.87. The zero-order valence-corrected chi connectivity index (χ0v) is 9.94. The topological polar surface area (TPSA) is 0 Å². The maximum absolute atomic E-state index is 3.71. The number of rotatable bonds is 7. The van der Waals surface area contributed by atoms with Crippen LogP contribution in [0.1, 0.15) is 6.92 Å². The summed E-state index contributed by atoms with van der Waals surface area (Å²) in [6.07, 6.45) is 1.98. The van der Waals surface area contributed by atoms with Crippen molar-refractivity contribution in [1.82, 2.24) is 0 Å². The molecule has 0 aromatic rings. The molecule has 0 amide bonds. The normalized spacial score (nSPS) is 23.6. The highest BCUT2D eigenvalue weighted by Crippen LogP contribution is 2.34. The van der Waals surface area contributed by atoms with Crippen molar-refractivity contribution in [3.05, 3.63) is 12.7 Å². The predicted molar refractivity (Wildman–Crippen MR) is 65.7 cm³/mol. The van der Waals surface area contributed by atoms with E-state index in [1.54, 1.807) is 0 Å². The van der Waals surface area contributed by atoms with Crippen molar-refractivity contribution < 1.29 is 0 Å². The molecule has 0 spiro atoms. The largest absolute Gasteiger partial charge is 0.157 e. The Morgan fingerprint density at radius 3 is 3.08 bits per heavy atom. The van der Waals surface area contributed by atoms with Gasteiger partial charge in [0.1, 0.15) is 0 Å². The van der Waals surface area contributed by atoms with Gasteiger partial charge in [-0.05, 0) is 0 Å². The molecule has 70 valence electrons. The van der Waals surface area contributed by atoms with Crippen molar-refractivity contribution in [2.24, 2.45) is 0 Å². The van der Waals surface area contributed by atoms with E-state index in [9.17, 15) is 0 Å². The molecular formula is C9H16S3. The summed E-state index contributed by atoms with van der Waals surface area (Å²) < 4.78 is 0. The number of thioether (sulfide) groups is 3. The van der Waals surface area contributed by atoms with Gasteiger partial charge in [0.25, 0.3) is 0 Å². The molecule has 2 atom stereocenters. The van der Waals surface area contributed by atoms with Crippen LogP contribution < -0.4 is 0 Å². The summed E-state index contributed by atoms with van der Waals surface area (Å²) in [6, 6.07) is 0. The van der Waals surface area contributed by atoms with Crippen molar-refractivity contribution in [2.45, 2.75) is 17.4 Å². The molecule has 0 aliphatic carbocycles. The Kier molecular flexibility index (Phi) is 5.68. The molecule has 12 heavy (non-hydrogen) atoms. The summed E-state index contributed by atoms with van der Waals surface area (Å²) >= 11 is 6.20. The molecule has 0 bridgehead atoms. The SMILES string of the molecule is C=CCSCC(C)SCC1CS1. The molecule has 1 aliphatic rings. The molecular weight excluding hydrogens is 204 g/mol. The van der Waals surface area contributed by atoms with Gasteiger partial charge in [0.05, 0.1) is 0 Å². The molecule has 1 saturated heterocycles. The third-order valence-corrected chi connectivity index (χ3v) is 5.49. The smallest absolute Gasteiger partial charge is 0.0229 e. The summed E-state index contributed by atoms with van der Waals surface area (Å²) in [5, 5.41) is 1.80. The van der Waals surface area contributed by atoms with E-state index in [0.29, 0.717) is 0 Å².